The maximum atomic E-state index is 10.1. The zero-order valence-electron chi connectivity index (χ0n) is 4.12. The van der Waals surface area contributed by atoms with Crippen LogP contribution in [0.5, 0.6) is 0 Å². The topological polar surface area (TPSA) is 29.1 Å². The lowest BCUT2D eigenvalue weighted by molar-refractivity contribution is -0.120. The monoisotopic (exact) mass is 103 g/mol. The summed E-state index contributed by atoms with van der Waals surface area (Å²) in [6, 6.07) is 0. The van der Waals surface area contributed by atoms with Crippen LogP contribution in [-0.4, -0.2) is 13.0 Å². The van der Waals surface area contributed by atoms with Crippen LogP contribution >= 0.6 is 0 Å². The van der Waals surface area contributed by atoms with Gasteiger partial charge in [-0.05, 0) is 0 Å². The van der Waals surface area contributed by atoms with Gasteiger partial charge in [-0.25, -0.2) is 0 Å². The lowest BCUT2D eigenvalue weighted by Gasteiger charge is -1.87. The van der Waals surface area contributed by atoms with Crippen LogP contribution < -0.4 is 5.32 Å². The molecule has 0 saturated carbocycles. The summed E-state index contributed by atoms with van der Waals surface area (Å²) < 4.78 is 0. The number of nitrogens with one attached hydrogen (secondary N) is 1. The standard InChI is InChI=1S/C4H9NO.CH4/c1-3-4(6)5-2;/h3H2,1-2H3,(H,5,6);1H4. The first kappa shape index (κ1) is 9.69. The fraction of sp³-hybridized carbons (Fsp3) is 0.800. The molecule has 1 amide bonds. The van der Waals surface area contributed by atoms with Gasteiger partial charge in [-0.3, -0.25) is 4.79 Å². The van der Waals surface area contributed by atoms with Gasteiger partial charge in [-0.15, -0.1) is 0 Å². The molecule has 0 aromatic heterocycles. The number of hydrogen-bond acceptors (Lipinski definition) is 1. The molecule has 2 heteroatoms. The molecule has 0 aliphatic rings. The van der Waals surface area contributed by atoms with E-state index in [0.29, 0.717) is 6.42 Å². The highest BCUT2D eigenvalue weighted by Crippen LogP contribution is 1.68. The van der Waals surface area contributed by atoms with E-state index < -0.39 is 0 Å². The Hall–Kier alpha value is -0.530. The third kappa shape index (κ3) is 5.47. The number of carbonyl (C=O) groups excluding carboxylic acids is 1. The lowest BCUT2D eigenvalue weighted by Crippen LogP contribution is -2.15. The molecule has 0 radical (unpaired) electrons. The van der Waals surface area contributed by atoms with Gasteiger partial charge in [-0.1, -0.05) is 14.4 Å². The third-order valence-electron chi connectivity index (χ3n) is 0.600. The first-order valence-corrected chi connectivity index (χ1v) is 2.01. The first-order valence-electron chi connectivity index (χ1n) is 2.01. The van der Waals surface area contributed by atoms with Crippen LogP contribution in [0.2, 0.25) is 0 Å². The molecular weight excluding hydrogens is 90.1 g/mol. The summed E-state index contributed by atoms with van der Waals surface area (Å²) in [4.78, 5) is 10.1. The molecule has 1 N–H and O–H groups in total. The van der Waals surface area contributed by atoms with Crippen LogP contribution in [0.4, 0.5) is 0 Å². The van der Waals surface area contributed by atoms with Crippen molar-refractivity contribution < 1.29 is 4.79 Å². The lowest BCUT2D eigenvalue weighted by atomic mass is 10.5. The Labute approximate surface area is 44.9 Å². The van der Waals surface area contributed by atoms with Gasteiger partial charge in [0.2, 0.25) is 5.91 Å². The normalized spacial score (nSPS) is 6.57. The van der Waals surface area contributed by atoms with Crippen LogP contribution in [0.25, 0.3) is 0 Å². The minimum Gasteiger partial charge on any atom is -0.359 e. The van der Waals surface area contributed by atoms with E-state index in [9.17, 15) is 4.79 Å². The molecule has 0 aliphatic carbocycles. The molecule has 0 rings (SSSR count). The van der Waals surface area contributed by atoms with Gasteiger partial charge in [-0.2, -0.15) is 0 Å². The average Bonchev–Trinajstić information content (AvgIpc) is 1.65. The third-order valence-corrected chi connectivity index (χ3v) is 0.600. The molecule has 7 heavy (non-hydrogen) atoms. The molecule has 0 aliphatic heterocycles. The van der Waals surface area contributed by atoms with Crippen LogP contribution in [-0.2, 0) is 4.79 Å². The molecule has 0 bridgehead atoms. The molecule has 0 heterocycles. The van der Waals surface area contributed by atoms with Crippen molar-refractivity contribution in [1.29, 1.82) is 0 Å². The Morgan fingerprint density at radius 2 is 2.14 bits per heavy atom. The van der Waals surface area contributed by atoms with Crippen molar-refractivity contribution in [2.45, 2.75) is 20.8 Å². The van der Waals surface area contributed by atoms with Gasteiger partial charge >= 0.3 is 0 Å². The van der Waals surface area contributed by atoms with Gasteiger partial charge in [0.15, 0.2) is 0 Å². The largest absolute Gasteiger partial charge is 0.359 e. The molecule has 2 nitrogen and oxygen atoms in total. The molecule has 0 aromatic rings. The summed E-state index contributed by atoms with van der Waals surface area (Å²) >= 11 is 0. The fourth-order valence-electron chi connectivity index (χ4n) is 0.177. The average molecular weight is 103 g/mol. The summed E-state index contributed by atoms with van der Waals surface area (Å²) in [6.07, 6.45) is 0.580. The van der Waals surface area contributed by atoms with Gasteiger partial charge in [0.1, 0.15) is 0 Å². The Morgan fingerprint density at radius 1 is 1.71 bits per heavy atom. The van der Waals surface area contributed by atoms with E-state index in [2.05, 4.69) is 5.32 Å². The van der Waals surface area contributed by atoms with Crippen molar-refractivity contribution in [3.05, 3.63) is 0 Å². The second kappa shape index (κ2) is 5.47. The molecule has 0 fully saturated rings. The summed E-state index contributed by atoms with van der Waals surface area (Å²) in [7, 11) is 1.63. The number of hydrogen-bond donors (Lipinski definition) is 1. The predicted octanol–water partition coefficient (Wildman–Crippen LogP) is 0.778. The SMILES string of the molecule is C.CCC(=O)NC. The van der Waals surface area contributed by atoms with Crippen molar-refractivity contribution in [3.63, 3.8) is 0 Å². The summed E-state index contributed by atoms with van der Waals surface area (Å²) in [6.45, 7) is 1.82. The van der Waals surface area contributed by atoms with E-state index in [0.717, 1.165) is 0 Å². The van der Waals surface area contributed by atoms with Gasteiger partial charge in [0.25, 0.3) is 0 Å². The number of carbonyl (C=O) groups is 1. The summed E-state index contributed by atoms with van der Waals surface area (Å²) in [5.74, 6) is 0.0926. The molecule has 0 aromatic carbocycles. The van der Waals surface area contributed by atoms with E-state index in [1.54, 1.807) is 7.05 Å². The molecule has 0 spiro atoms. The van der Waals surface area contributed by atoms with Crippen molar-refractivity contribution in [2.75, 3.05) is 7.05 Å². The quantitative estimate of drug-likeness (QED) is 0.522. The highest BCUT2D eigenvalue weighted by molar-refractivity contribution is 5.74. The van der Waals surface area contributed by atoms with E-state index in [-0.39, 0.29) is 13.3 Å². The number of amides is 1. The van der Waals surface area contributed by atoms with Crippen LogP contribution in [0.15, 0.2) is 0 Å². The highest BCUT2D eigenvalue weighted by Gasteiger charge is 1.84. The van der Waals surface area contributed by atoms with Crippen LogP contribution in [0, 0.1) is 0 Å². The van der Waals surface area contributed by atoms with Crippen molar-refractivity contribution in [3.8, 4) is 0 Å². The van der Waals surface area contributed by atoms with E-state index in [1.807, 2.05) is 6.92 Å². The van der Waals surface area contributed by atoms with E-state index in [4.69, 9.17) is 0 Å². The Bertz CT molecular complexity index is 46.0. The van der Waals surface area contributed by atoms with Crippen LogP contribution in [0.1, 0.15) is 20.8 Å². The minimum atomic E-state index is 0. The highest BCUT2D eigenvalue weighted by atomic mass is 16.1. The first-order chi connectivity index (χ1) is 2.81. The molecule has 0 saturated heterocycles. The maximum absolute atomic E-state index is 10.1. The molecule has 0 atom stereocenters. The summed E-state index contributed by atoms with van der Waals surface area (Å²) in [5, 5.41) is 2.48. The van der Waals surface area contributed by atoms with E-state index >= 15 is 0 Å². The van der Waals surface area contributed by atoms with Gasteiger partial charge in [0, 0.05) is 13.5 Å². The zero-order valence-corrected chi connectivity index (χ0v) is 4.12. The van der Waals surface area contributed by atoms with Gasteiger partial charge < -0.3 is 5.32 Å². The molecule has 44 valence electrons. The minimum absolute atomic E-state index is 0. The summed E-state index contributed by atoms with van der Waals surface area (Å²) in [5.41, 5.74) is 0. The smallest absolute Gasteiger partial charge is 0.219 e. The van der Waals surface area contributed by atoms with Crippen molar-refractivity contribution in [1.82, 2.24) is 5.32 Å². The Kier molecular flexibility index (Phi) is 7.57. The predicted molar refractivity (Wildman–Crippen MR) is 31.1 cm³/mol. The van der Waals surface area contributed by atoms with Crippen molar-refractivity contribution in [2.24, 2.45) is 0 Å². The van der Waals surface area contributed by atoms with E-state index in [1.165, 1.54) is 0 Å². The zero-order chi connectivity index (χ0) is 4.99. The molecule has 0 unspecified atom stereocenters. The Balaban J connectivity index is 0. The fourth-order valence-corrected chi connectivity index (χ4v) is 0.177. The molecular formula is C5H13NO. The second-order valence-electron chi connectivity index (χ2n) is 1.03. The van der Waals surface area contributed by atoms with Crippen molar-refractivity contribution >= 4 is 5.91 Å². The number of rotatable bonds is 1. The van der Waals surface area contributed by atoms with Gasteiger partial charge in [0.05, 0.1) is 0 Å². The second-order valence-corrected chi connectivity index (χ2v) is 1.03. The Morgan fingerprint density at radius 3 is 2.14 bits per heavy atom. The maximum Gasteiger partial charge on any atom is 0.219 e. The van der Waals surface area contributed by atoms with Crippen LogP contribution in [0.3, 0.4) is 0 Å².